The molecule has 1 N–H and O–H groups in total. The molecule has 1 aromatic heterocycles. The van der Waals surface area contributed by atoms with Gasteiger partial charge in [-0.25, -0.2) is 9.78 Å². The number of aromatic nitrogens is 1. The third kappa shape index (κ3) is 4.70. The first kappa shape index (κ1) is 19.9. The maximum atomic E-state index is 11.4. The Morgan fingerprint density at radius 3 is 2.57 bits per heavy atom. The lowest BCUT2D eigenvalue weighted by atomic mass is 10.1. The van der Waals surface area contributed by atoms with Crippen molar-refractivity contribution in [3.05, 3.63) is 64.7 Å². The smallest absolute Gasteiger partial charge is 0.347 e. The number of carbonyl (C=O) groups is 1. The van der Waals surface area contributed by atoms with E-state index in [1.54, 1.807) is 7.11 Å². The number of carboxylic acids is 1. The van der Waals surface area contributed by atoms with E-state index in [2.05, 4.69) is 17.1 Å². The number of rotatable bonds is 9. The fourth-order valence-corrected chi connectivity index (χ4v) is 3.89. The Morgan fingerprint density at radius 1 is 1.14 bits per heavy atom. The number of ether oxygens (including phenoxy) is 2. The average Bonchev–Trinajstić information content (AvgIpc) is 3.17. The first-order valence-corrected chi connectivity index (χ1v) is 10.0. The lowest BCUT2D eigenvalue weighted by molar-refractivity contribution is 0.0701. The van der Waals surface area contributed by atoms with E-state index in [9.17, 15) is 9.90 Å². The molecule has 0 saturated heterocycles. The van der Waals surface area contributed by atoms with Gasteiger partial charge in [0, 0.05) is 5.56 Å². The highest BCUT2D eigenvalue weighted by molar-refractivity contribution is 7.17. The van der Waals surface area contributed by atoms with E-state index in [0.29, 0.717) is 35.2 Å². The van der Waals surface area contributed by atoms with Crippen LogP contribution in [0.3, 0.4) is 0 Å². The molecule has 0 spiro atoms. The van der Waals surface area contributed by atoms with Gasteiger partial charge in [-0.3, -0.25) is 0 Å². The number of methoxy groups -OCH3 is 1. The van der Waals surface area contributed by atoms with Crippen molar-refractivity contribution in [1.29, 1.82) is 0 Å². The van der Waals surface area contributed by atoms with Crippen LogP contribution in [0.25, 0.3) is 10.6 Å². The van der Waals surface area contributed by atoms with E-state index in [1.807, 2.05) is 43.3 Å². The Kier molecular flexibility index (Phi) is 6.66. The normalized spacial score (nSPS) is 10.6. The van der Waals surface area contributed by atoms with Gasteiger partial charge in [-0.1, -0.05) is 37.3 Å². The molecule has 0 unspecified atom stereocenters. The van der Waals surface area contributed by atoms with Crippen molar-refractivity contribution in [2.24, 2.45) is 0 Å². The lowest BCUT2D eigenvalue weighted by Gasteiger charge is -2.11. The van der Waals surface area contributed by atoms with Gasteiger partial charge >= 0.3 is 5.97 Å². The zero-order valence-corrected chi connectivity index (χ0v) is 16.8. The minimum Gasteiger partial charge on any atom is -0.493 e. The van der Waals surface area contributed by atoms with Gasteiger partial charge < -0.3 is 14.6 Å². The van der Waals surface area contributed by atoms with Crippen molar-refractivity contribution in [2.45, 2.75) is 26.2 Å². The SMILES string of the molecule is CCc1nc(-c2ccc(OCCCc3ccccc3)c(OC)c2)sc1C(=O)O. The van der Waals surface area contributed by atoms with Gasteiger partial charge in [0.2, 0.25) is 0 Å². The van der Waals surface area contributed by atoms with Gasteiger partial charge in [0.1, 0.15) is 9.88 Å². The van der Waals surface area contributed by atoms with Crippen molar-refractivity contribution in [1.82, 2.24) is 4.98 Å². The Morgan fingerprint density at radius 2 is 1.93 bits per heavy atom. The molecule has 0 amide bonds. The summed E-state index contributed by atoms with van der Waals surface area (Å²) in [4.78, 5) is 16.1. The molecule has 0 fully saturated rings. The highest BCUT2D eigenvalue weighted by Gasteiger charge is 2.18. The van der Waals surface area contributed by atoms with E-state index in [1.165, 1.54) is 16.9 Å². The molecule has 5 nitrogen and oxygen atoms in total. The number of benzene rings is 2. The number of aromatic carboxylic acids is 1. The summed E-state index contributed by atoms with van der Waals surface area (Å²) in [6.45, 7) is 2.49. The van der Waals surface area contributed by atoms with Crippen LogP contribution in [-0.4, -0.2) is 29.8 Å². The Hall–Kier alpha value is -2.86. The molecule has 6 heteroatoms. The first-order valence-electron chi connectivity index (χ1n) is 9.20. The summed E-state index contributed by atoms with van der Waals surface area (Å²) in [7, 11) is 1.60. The summed E-state index contributed by atoms with van der Waals surface area (Å²) in [5, 5.41) is 10.0. The first-order chi connectivity index (χ1) is 13.6. The average molecular weight is 397 g/mol. The summed E-state index contributed by atoms with van der Waals surface area (Å²) < 4.78 is 11.4. The standard InChI is InChI=1S/C22H23NO4S/c1-3-17-20(22(24)25)28-21(23-17)16-11-12-18(19(14-16)26-2)27-13-7-10-15-8-5-4-6-9-15/h4-6,8-9,11-12,14H,3,7,10,13H2,1-2H3,(H,24,25). The molecule has 0 bridgehead atoms. The monoisotopic (exact) mass is 397 g/mol. The quantitative estimate of drug-likeness (QED) is 0.509. The predicted octanol–water partition coefficient (Wildman–Crippen LogP) is 5.09. The summed E-state index contributed by atoms with van der Waals surface area (Å²) >= 11 is 1.18. The molecule has 1 heterocycles. The molecule has 2 aromatic carbocycles. The fourth-order valence-electron chi connectivity index (χ4n) is 2.90. The maximum Gasteiger partial charge on any atom is 0.347 e. The van der Waals surface area contributed by atoms with Gasteiger partial charge in [-0.2, -0.15) is 0 Å². The molecular formula is C22H23NO4S. The van der Waals surface area contributed by atoms with Crippen molar-refractivity contribution >= 4 is 17.3 Å². The van der Waals surface area contributed by atoms with E-state index in [-0.39, 0.29) is 4.88 Å². The van der Waals surface area contributed by atoms with Crippen LogP contribution in [0.15, 0.2) is 48.5 Å². The van der Waals surface area contributed by atoms with Crippen molar-refractivity contribution in [2.75, 3.05) is 13.7 Å². The van der Waals surface area contributed by atoms with Crippen molar-refractivity contribution in [3.8, 4) is 22.1 Å². The van der Waals surface area contributed by atoms with Crippen LogP contribution in [0.1, 0.15) is 34.3 Å². The van der Waals surface area contributed by atoms with Crippen LogP contribution in [0.2, 0.25) is 0 Å². The zero-order chi connectivity index (χ0) is 19.9. The molecule has 0 aliphatic rings. The number of aryl methyl sites for hydroxylation is 2. The number of thiazole rings is 1. The predicted molar refractivity (Wildman–Crippen MR) is 111 cm³/mol. The third-order valence-electron chi connectivity index (χ3n) is 4.35. The van der Waals surface area contributed by atoms with Crippen LogP contribution in [0, 0.1) is 0 Å². The molecule has 0 atom stereocenters. The van der Waals surface area contributed by atoms with E-state index in [0.717, 1.165) is 18.4 Å². The maximum absolute atomic E-state index is 11.4. The second-order valence-corrected chi connectivity index (χ2v) is 7.26. The van der Waals surface area contributed by atoms with Crippen molar-refractivity contribution < 1.29 is 19.4 Å². The summed E-state index contributed by atoms with van der Waals surface area (Å²) in [5.74, 6) is 0.346. The molecule has 0 aliphatic heterocycles. The minimum atomic E-state index is -0.939. The van der Waals surface area contributed by atoms with Crippen molar-refractivity contribution in [3.63, 3.8) is 0 Å². The molecule has 146 valence electrons. The summed E-state index contributed by atoms with van der Waals surface area (Å²) in [6, 6.07) is 15.9. The largest absolute Gasteiger partial charge is 0.493 e. The minimum absolute atomic E-state index is 0.290. The highest BCUT2D eigenvalue weighted by atomic mass is 32.1. The van der Waals surface area contributed by atoms with Crippen LogP contribution in [0.5, 0.6) is 11.5 Å². The molecule has 28 heavy (non-hydrogen) atoms. The molecule has 3 aromatic rings. The van der Waals surface area contributed by atoms with E-state index < -0.39 is 5.97 Å². The van der Waals surface area contributed by atoms with Gasteiger partial charge in [0.25, 0.3) is 0 Å². The molecule has 0 radical (unpaired) electrons. The Labute approximate surface area is 168 Å². The van der Waals surface area contributed by atoms with Crippen LogP contribution in [-0.2, 0) is 12.8 Å². The highest BCUT2D eigenvalue weighted by Crippen LogP contribution is 2.35. The van der Waals surface area contributed by atoms with Gasteiger partial charge in [0.15, 0.2) is 11.5 Å². The molecule has 0 aliphatic carbocycles. The number of nitrogens with zero attached hydrogens (tertiary/aromatic N) is 1. The van der Waals surface area contributed by atoms with E-state index >= 15 is 0 Å². The Balaban J connectivity index is 1.69. The number of hydrogen-bond donors (Lipinski definition) is 1. The number of carboxylic acid groups (broad SMARTS) is 1. The van der Waals surface area contributed by atoms with Gasteiger partial charge in [-0.05, 0) is 43.0 Å². The topological polar surface area (TPSA) is 68.7 Å². The summed E-state index contributed by atoms with van der Waals surface area (Å²) in [5.41, 5.74) is 2.71. The molecular weight excluding hydrogens is 374 g/mol. The number of hydrogen-bond acceptors (Lipinski definition) is 5. The second kappa shape index (κ2) is 9.37. The van der Waals surface area contributed by atoms with E-state index in [4.69, 9.17) is 9.47 Å². The lowest BCUT2D eigenvalue weighted by Crippen LogP contribution is -2.01. The second-order valence-electron chi connectivity index (χ2n) is 6.26. The zero-order valence-electron chi connectivity index (χ0n) is 16.0. The molecule has 3 rings (SSSR count). The third-order valence-corrected chi connectivity index (χ3v) is 5.48. The van der Waals surface area contributed by atoms with Crippen LogP contribution >= 0.6 is 11.3 Å². The summed E-state index contributed by atoms with van der Waals surface area (Å²) in [6.07, 6.45) is 2.44. The van der Waals surface area contributed by atoms with Crippen LogP contribution in [0.4, 0.5) is 0 Å². The van der Waals surface area contributed by atoms with Crippen LogP contribution < -0.4 is 9.47 Å². The molecule has 0 saturated carbocycles. The Bertz CT molecular complexity index is 937. The van der Waals surface area contributed by atoms with Gasteiger partial charge in [-0.15, -0.1) is 11.3 Å². The fraction of sp³-hybridized carbons (Fsp3) is 0.273. The van der Waals surface area contributed by atoms with Gasteiger partial charge in [0.05, 0.1) is 19.4 Å².